The molecule has 1 aliphatic heterocycles. The molecule has 0 spiro atoms. The molecule has 1 aromatic carbocycles. The fourth-order valence-electron chi connectivity index (χ4n) is 2.26. The predicted molar refractivity (Wildman–Crippen MR) is 77.0 cm³/mol. The molecule has 1 saturated heterocycles. The summed E-state index contributed by atoms with van der Waals surface area (Å²) in [7, 11) is 0. The van der Waals surface area contributed by atoms with Crippen molar-refractivity contribution in [3.05, 3.63) is 78.4 Å². The Bertz CT molecular complexity index is 533. The molecule has 3 rings (SSSR count). The van der Waals surface area contributed by atoms with Gasteiger partial charge in [0.05, 0.1) is 4.75 Å². The number of hydrogen-bond donors (Lipinski definition) is 0. The molecule has 0 aromatic heterocycles. The highest BCUT2D eigenvalue weighted by molar-refractivity contribution is 8.08. The zero-order chi connectivity index (χ0) is 11.9. The Balaban J connectivity index is 1.92. The molecule has 2 unspecified atom stereocenters. The molecule has 0 nitrogen and oxygen atoms in total. The minimum absolute atomic E-state index is 0.187. The van der Waals surface area contributed by atoms with Gasteiger partial charge in [-0.3, -0.25) is 0 Å². The van der Waals surface area contributed by atoms with E-state index in [-0.39, 0.29) is 4.75 Å². The first-order chi connectivity index (χ1) is 8.28. The number of thioether (sulfide) groups is 1. The van der Waals surface area contributed by atoms with E-state index in [2.05, 4.69) is 55.7 Å². The van der Waals surface area contributed by atoms with Crippen molar-refractivity contribution in [1.29, 1.82) is 0 Å². The van der Waals surface area contributed by atoms with E-state index >= 15 is 0 Å². The Labute approximate surface area is 106 Å². The van der Waals surface area contributed by atoms with Crippen LogP contribution in [0.25, 0.3) is 6.08 Å². The third-order valence-electron chi connectivity index (χ3n) is 3.39. The summed E-state index contributed by atoms with van der Waals surface area (Å²) in [4.78, 5) is 0. The van der Waals surface area contributed by atoms with Gasteiger partial charge in [-0.25, -0.2) is 0 Å². The normalized spacial score (nSPS) is 29.2. The lowest BCUT2D eigenvalue weighted by molar-refractivity contribution is 0.899. The molecular formula is C16H14S. The standard InChI is InChI=1S/C16H14S/c1-3-12-5-7-14(8-6-12)16-10-9-13(4-2)11-15(16)17-16/h3-11,15H,1-2H2. The topological polar surface area (TPSA) is 0 Å². The Morgan fingerprint density at radius 2 is 1.88 bits per heavy atom. The van der Waals surface area contributed by atoms with Crippen LogP contribution in [-0.4, -0.2) is 5.25 Å². The maximum atomic E-state index is 3.82. The Morgan fingerprint density at radius 3 is 2.47 bits per heavy atom. The second-order valence-corrected chi connectivity index (χ2v) is 5.78. The molecule has 2 aliphatic rings. The highest BCUT2D eigenvalue weighted by Crippen LogP contribution is 2.64. The Kier molecular flexibility index (Phi) is 2.37. The van der Waals surface area contributed by atoms with Gasteiger partial charge < -0.3 is 0 Å². The van der Waals surface area contributed by atoms with Crippen molar-refractivity contribution in [3.8, 4) is 0 Å². The average molecular weight is 238 g/mol. The van der Waals surface area contributed by atoms with Gasteiger partial charge in [0.15, 0.2) is 0 Å². The number of benzene rings is 1. The highest BCUT2D eigenvalue weighted by Gasteiger charge is 2.54. The molecule has 1 fully saturated rings. The number of allylic oxidation sites excluding steroid dienone is 3. The zero-order valence-electron chi connectivity index (χ0n) is 9.60. The van der Waals surface area contributed by atoms with E-state index in [0.29, 0.717) is 5.25 Å². The van der Waals surface area contributed by atoms with Crippen LogP contribution in [0, 0.1) is 0 Å². The molecule has 0 saturated carbocycles. The third kappa shape index (κ3) is 1.62. The van der Waals surface area contributed by atoms with Gasteiger partial charge in [0.1, 0.15) is 0 Å². The number of hydrogen-bond acceptors (Lipinski definition) is 1. The Hall–Kier alpha value is -1.47. The van der Waals surface area contributed by atoms with E-state index in [9.17, 15) is 0 Å². The Morgan fingerprint density at radius 1 is 1.12 bits per heavy atom. The van der Waals surface area contributed by atoms with Crippen LogP contribution in [0.2, 0.25) is 0 Å². The molecule has 0 N–H and O–H groups in total. The molecule has 0 bridgehead atoms. The lowest BCUT2D eigenvalue weighted by Crippen LogP contribution is -2.10. The van der Waals surface area contributed by atoms with Crippen LogP contribution in [0.3, 0.4) is 0 Å². The van der Waals surface area contributed by atoms with Crippen LogP contribution >= 0.6 is 11.8 Å². The summed E-state index contributed by atoms with van der Waals surface area (Å²) in [5, 5.41) is 0.579. The lowest BCUT2D eigenvalue weighted by atomic mass is 9.90. The molecule has 0 amide bonds. The van der Waals surface area contributed by atoms with Gasteiger partial charge in [-0.2, -0.15) is 0 Å². The van der Waals surface area contributed by atoms with Crippen LogP contribution in [-0.2, 0) is 4.75 Å². The van der Waals surface area contributed by atoms with Crippen molar-refractivity contribution in [3.63, 3.8) is 0 Å². The molecular weight excluding hydrogens is 224 g/mol. The molecule has 1 heteroatoms. The van der Waals surface area contributed by atoms with Gasteiger partial charge in [0.2, 0.25) is 0 Å². The molecule has 1 heterocycles. The summed E-state index contributed by atoms with van der Waals surface area (Å²) in [6.07, 6.45) is 10.6. The summed E-state index contributed by atoms with van der Waals surface area (Å²) in [6.45, 7) is 7.60. The minimum atomic E-state index is 0.187. The average Bonchev–Trinajstić information content (AvgIpc) is 3.13. The van der Waals surface area contributed by atoms with E-state index in [1.165, 1.54) is 16.7 Å². The van der Waals surface area contributed by atoms with Gasteiger partial charge in [-0.1, -0.05) is 67.8 Å². The van der Waals surface area contributed by atoms with Crippen molar-refractivity contribution >= 4 is 17.8 Å². The van der Waals surface area contributed by atoms with Crippen LogP contribution in [0.5, 0.6) is 0 Å². The van der Waals surface area contributed by atoms with Gasteiger partial charge >= 0.3 is 0 Å². The van der Waals surface area contributed by atoms with Crippen LogP contribution in [0.1, 0.15) is 11.1 Å². The summed E-state index contributed by atoms with van der Waals surface area (Å²) in [5.74, 6) is 0. The molecule has 0 radical (unpaired) electrons. The number of rotatable bonds is 3. The minimum Gasteiger partial charge on any atom is -0.135 e. The summed E-state index contributed by atoms with van der Waals surface area (Å²) < 4.78 is 0.187. The van der Waals surface area contributed by atoms with Crippen molar-refractivity contribution in [1.82, 2.24) is 0 Å². The zero-order valence-corrected chi connectivity index (χ0v) is 10.4. The second-order valence-electron chi connectivity index (χ2n) is 4.36. The van der Waals surface area contributed by atoms with Gasteiger partial charge in [0.25, 0.3) is 0 Å². The highest BCUT2D eigenvalue weighted by atomic mass is 32.2. The van der Waals surface area contributed by atoms with E-state index in [0.717, 1.165) is 0 Å². The lowest BCUT2D eigenvalue weighted by Gasteiger charge is -2.14. The maximum absolute atomic E-state index is 3.82. The first-order valence-corrected chi connectivity index (χ1v) is 6.61. The smallest absolute Gasteiger partial charge is 0.0752 e. The molecule has 1 aromatic rings. The molecule has 2 atom stereocenters. The fourth-order valence-corrected chi connectivity index (χ4v) is 3.54. The second kappa shape index (κ2) is 3.78. The SMILES string of the molecule is C=CC1=CC2SC2(c2ccc(C=C)cc2)C=C1. The van der Waals surface area contributed by atoms with Crippen molar-refractivity contribution < 1.29 is 0 Å². The first kappa shape index (κ1) is 10.7. The van der Waals surface area contributed by atoms with Crippen LogP contribution in [0.4, 0.5) is 0 Å². The third-order valence-corrected chi connectivity index (χ3v) is 4.91. The quantitative estimate of drug-likeness (QED) is 0.707. The molecule has 84 valence electrons. The largest absolute Gasteiger partial charge is 0.135 e. The number of fused-ring (bicyclic) bond motifs is 1. The summed E-state index contributed by atoms with van der Waals surface area (Å²) in [6, 6.07) is 8.68. The van der Waals surface area contributed by atoms with Gasteiger partial charge in [0, 0.05) is 5.25 Å². The summed E-state index contributed by atoms with van der Waals surface area (Å²) in [5.41, 5.74) is 3.79. The van der Waals surface area contributed by atoms with Crippen molar-refractivity contribution in [2.75, 3.05) is 0 Å². The van der Waals surface area contributed by atoms with E-state index in [1.807, 2.05) is 23.9 Å². The van der Waals surface area contributed by atoms with Crippen molar-refractivity contribution in [2.24, 2.45) is 0 Å². The van der Waals surface area contributed by atoms with Crippen molar-refractivity contribution in [2.45, 2.75) is 10.00 Å². The van der Waals surface area contributed by atoms with E-state index < -0.39 is 0 Å². The fraction of sp³-hybridized carbons (Fsp3) is 0.125. The summed E-state index contributed by atoms with van der Waals surface area (Å²) >= 11 is 2.00. The van der Waals surface area contributed by atoms with Crippen LogP contribution in [0.15, 0.2) is 67.3 Å². The monoisotopic (exact) mass is 238 g/mol. The van der Waals surface area contributed by atoms with Gasteiger partial charge in [-0.05, 0) is 16.7 Å². The predicted octanol–water partition coefficient (Wildman–Crippen LogP) is 4.32. The van der Waals surface area contributed by atoms with E-state index in [4.69, 9.17) is 0 Å². The van der Waals surface area contributed by atoms with Crippen LogP contribution < -0.4 is 0 Å². The maximum Gasteiger partial charge on any atom is 0.0752 e. The van der Waals surface area contributed by atoms with E-state index in [1.54, 1.807) is 0 Å². The molecule has 1 aliphatic carbocycles. The molecule has 17 heavy (non-hydrogen) atoms. The first-order valence-electron chi connectivity index (χ1n) is 5.73. The van der Waals surface area contributed by atoms with Gasteiger partial charge in [-0.15, -0.1) is 11.8 Å².